The molecule has 1 amide bonds. The summed E-state index contributed by atoms with van der Waals surface area (Å²) in [5.41, 5.74) is 3.09. The Bertz CT molecular complexity index is 1290. The first kappa shape index (κ1) is 23.1. The molecule has 0 aliphatic rings. The highest BCUT2D eigenvalue weighted by atomic mass is 16.5. The van der Waals surface area contributed by atoms with Gasteiger partial charge in [0.05, 0.1) is 12.7 Å². The summed E-state index contributed by atoms with van der Waals surface area (Å²) in [6.45, 7) is 4.53. The molecule has 0 atom stereocenters. The molecule has 0 bridgehead atoms. The molecule has 0 spiro atoms. The second-order valence-electron chi connectivity index (χ2n) is 8.63. The predicted octanol–water partition coefficient (Wildman–Crippen LogP) is 6.14. The molecule has 6 heteroatoms. The van der Waals surface area contributed by atoms with Crippen molar-refractivity contribution in [1.29, 1.82) is 0 Å². The highest BCUT2D eigenvalue weighted by molar-refractivity contribution is 6.01. The van der Waals surface area contributed by atoms with E-state index < -0.39 is 6.09 Å². The van der Waals surface area contributed by atoms with Gasteiger partial charge >= 0.3 is 6.09 Å². The van der Waals surface area contributed by atoms with Crippen LogP contribution in [0.1, 0.15) is 46.8 Å². The molecule has 4 aromatic rings. The Morgan fingerprint density at radius 1 is 0.941 bits per heavy atom. The van der Waals surface area contributed by atoms with Crippen LogP contribution in [0, 0.1) is 0 Å². The summed E-state index contributed by atoms with van der Waals surface area (Å²) < 4.78 is 7.17. The fourth-order valence-electron chi connectivity index (χ4n) is 4.19. The third kappa shape index (κ3) is 4.81. The number of ether oxygens (including phenoxy) is 1. The molecule has 0 aliphatic heterocycles. The van der Waals surface area contributed by atoms with Gasteiger partial charge in [-0.15, -0.1) is 0 Å². The van der Waals surface area contributed by atoms with Gasteiger partial charge < -0.3 is 9.84 Å². The average molecular weight is 457 g/mol. The Morgan fingerprint density at radius 3 is 2.12 bits per heavy atom. The molecular formula is C28H28N2O4. The molecule has 34 heavy (non-hydrogen) atoms. The topological polar surface area (TPSA) is 71.8 Å². The minimum absolute atomic E-state index is 0.0866. The highest BCUT2D eigenvalue weighted by Gasteiger charge is 2.22. The van der Waals surface area contributed by atoms with Gasteiger partial charge in [0.2, 0.25) is 0 Å². The molecule has 3 aromatic carbocycles. The second kappa shape index (κ2) is 9.83. The Balaban J connectivity index is 1.71. The summed E-state index contributed by atoms with van der Waals surface area (Å²) >= 11 is 0. The fourth-order valence-corrected chi connectivity index (χ4v) is 4.19. The fraction of sp³-hybridized carbons (Fsp3) is 0.214. The van der Waals surface area contributed by atoms with Crippen molar-refractivity contribution in [3.05, 3.63) is 101 Å². The molecule has 0 fully saturated rings. The smallest absolute Gasteiger partial charge is 0.407 e. The summed E-state index contributed by atoms with van der Waals surface area (Å²) in [5.74, 6) is 0.316. The number of amides is 1. The van der Waals surface area contributed by atoms with Crippen LogP contribution < -0.4 is 4.74 Å². The monoisotopic (exact) mass is 456 g/mol. The summed E-state index contributed by atoms with van der Waals surface area (Å²) in [5, 5.41) is 11.8. The first-order valence-electron chi connectivity index (χ1n) is 11.2. The number of methoxy groups -OCH3 is 1. The third-order valence-electron chi connectivity index (χ3n) is 5.95. The zero-order valence-corrected chi connectivity index (χ0v) is 19.6. The van der Waals surface area contributed by atoms with E-state index in [2.05, 4.69) is 0 Å². The van der Waals surface area contributed by atoms with E-state index in [0.29, 0.717) is 11.3 Å². The summed E-state index contributed by atoms with van der Waals surface area (Å²) in [6, 6.07) is 20.9. The molecule has 174 valence electrons. The number of aromatic nitrogens is 1. The van der Waals surface area contributed by atoms with Gasteiger partial charge in [0.25, 0.3) is 5.91 Å². The number of carboxylic acid groups (broad SMARTS) is 1. The first-order valence-corrected chi connectivity index (χ1v) is 11.2. The highest BCUT2D eigenvalue weighted by Crippen LogP contribution is 2.31. The lowest BCUT2D eigenvalue weighted by molar-refractivity contribution is 0.0957. The molecule has 0 aliphatic carbocycles. The van der Waals surface area contributed by atoms with Crippen molar-refractivity contribution >= 4 is 22.8 Å². The zero-order valence-electron chi connectivity index (χ0n) is 19.6. The maximum Gasteiger partial charge on any atom is 0.407 e. The minimum atomic E-state index is -1.00. The molecule has 1 aromatic heterocycles. The lowest BCUT2D eigenvalue weighted by Gasteiger charge is -2.23. The van der Waals surface area contributed by atoms with E-state index in [1.54, 1.807) is 10.6 Å². The Labute approximate surface area is 199 Å². The van der Waals surface area contributed by atoms with E-state index in [0.717, 1.165) is 27.5 Å². The van der Waals surface area contributed by atoms with Crippen LogP contribution in [0.2, 0.25) is 0 Å². The molecule has 1 heterocycles. The largest absolute Gasteiger partial charge is 0.496 e. The van der Waals surface area contributed by atoms with Crippen LogP contribution in [0.25, 0.3) is 10.8 Å². The Kier molecular flexibility index (Phi) is 6.68. The number of hydrogen-bond acceptors (Lipinski definition) is 3. The SMILES string of the molecule is COc1cc(CN(Cc2ccccc2)C(=O)O)c(C(C)C)cc1C(=O)n1cc2ccccc2c1. The van der Waals surface area contributed by atoms with Crippen molar-refractivity contribution in [3.63, 3.8) is 0 Å². The molecule has 0 saturated carbocycles. The number of carbonyl (C=O) groups excluding carboxylic acids is 1. The quantitative estimate of drug-likeness (QED) is 0.362. The van der Waals surface area contributed by atoms with Crippen molar-refractivity contribution < 1.29 is 19.4 Å². The molecule has 0 saturated heterocycles. The van der Waals surface area contributed by atoms with E-state index >= 15 is 0 Å². The van der Waals surface area contributed by atoms with Gasteiger partial charge in [0.15, 0.2) is 0 Å². The molecule has 1 N–H and O–H groups in total. The lowest BCUT2D eigenvalue weighted by Crippen LogP contribution is -2.29. The molecule has 4 rings (SSSR count). The number of rotatable bonds is 7. The van der Waals surface area contributed by atoms with Gasteiger partial charge in [-0.1, -0.05) is 68.4 Å². The first-order chi connectivity index (χ1) is 16.4. The van der Waals surface area contributed by atoms with Crippen LogP contribution in [-0.4, -0.2) is 33.7 Å². The number of benzene rings is 3. The van der Waals surface area contributed by atoms with Crippen LogP contribution in [0.3, 0.4) is 0 Å². The second-order valence-corrected chi connectivity index (χ2v) is 8.63. The van der Waals surface area contributed by atoms with E-state index in [4.69, 9.17) is 4.74 Å². The molecule has 0 unspecified atom stereocenters. The van der Waals surface area contributed by atoms with Crippen LogP contribution in [-0.2, 0) is 13.1 Å². The van der Waals surface area contributed by atoms with Crippen molar-refractivity contribution in [3.8, 4) is 5.75 Å². The zero-order chi connectivity index (χ0) is 24.2. The number of fused-ring (bicyclic) bond motifs is 1. The van der Waals surface area contributed by atoms with E-state index in [1.807, 2.05) is 86.9 Å². The van der Waals surface area contributed by atoms with Crippen molar-refractivity contribution in [1.82, 2.24) is 9.47 Å². The van der Waals surface area contributed by atoms with Crippen molar-refractivity contribution in [2.75, 3.05) is 7.11 Å². The summed E-state index contributed by atoms with van der Waals surface area (Å²) in [4.78, 5) is 26.8. The van der Waals surface area contributed by atoms with Crippen LogP contribution >= 0.6 is 0 Å². The predicted molar refractivity (Wildman–Crippen MR) is 132 cm³/mol. The third-order valence-corrected chi connectivity index (χ3v) is 5.95. The van der Waals surface area contributed by atoms with E-state index in [1.165, 1.54) is 12.0 Å². The van der Waals surface area contributed by atoms with Crippen LogP contribution in [0.5, 0.6) is 5.75 Å². The van der Waals surface area contributed by atoms with Gasteiger partial charge in [-0.3, -0.25) is 14.3 Å². The Morgan fingerprint density at radius 2 is 1.56 bits per heavy atom. The Hall–Kier alpha value is -4.06. The van der Waals surface area contributed by atoms with E-state index in [9.17, 15) is 14.7 Å². The number of hydrogen-bond donors (Lipinski definition) is 1. The standard InChI is InChI=1S/C28H28N2O4/c1-19(2)24-14-25(27(31)29-16-21-11-7-8-12-22(21)17-29)26(34-3)13-23(24)18-30(28(32)33)15-20-9-5-4-6-10-20/h4-14,16-17,19H,15,18H2,1-3H3,(H,32,33). The van der Waals surface area contributed by atoms with E-state index in [-0.39, 0.29) is 24.9 Å². The van der Waals surface area contributed by atoms with Gasteiger partial charge in [0.1, 0.15) is 5.75 Å². The van der Waals surface area contributed by atoms with Crippen LogP contribution in [0.15, 0.2) is 79.1 Å². The minimum Gasteiger partial charge on any atom is -0.496 e. The normalized spacial score (nSPS) is 11.1. The molecule has 0 radical (unpaired) electrons. The maximum atomic E-state index is 13.4. The number of nitrogens with zero attached hydrogens (tertiary/aromatic N) is 2. The average Bonchev–Trinajstić information content (AvgIpc) is 3.27. The molecule has 6 nitrogen and oxygen atoms in total. The molecular weight excluding hydrogens is 428 g/mol. The van der Waals surface area contributed by atoms with Crippen molar-refractivity contribution in [2.24, 2.45) is 0 Å². The summed E-state index contributed by atoms with van der Waals surface area (Å²) in [6.07, 6.45) is 2.62. The van der Waals surface area contributed by atoms with Crippen molar-refractivity contribution in [2.45, 2.75) is 32.9 Å². The van der Waals surface area contributed by atoms with Gasteiger partial charge in [0, 0.05) is 25.5 Å². The summed E-state index contributed by atoms with van der Waals surface area (Å²) in [7, 11) is 1.52. The lowest BCUT2D eigenvalue weighted by atomic mass is 9.93. The van der Waals surface area contributed by atoms with Gasteiger partial charge in [-0.2, -0.15) is 0 Å². The van der Waals surface area contributed by atoms with Gasteiger partial charge in [-0.25, -0.2) is 4.79 Å². The van der Waals surface area contributed by atoms with Gasteiger partial charge in [-0.05, 0) is 45.5 Å². The maximum absolute atomic E-state index is 13.4. The van der Waals surface area contributed by atoms with Crippen LogP contribution in [0.4, 0.5) is 4.79 Å². The number of carbonyl (C=O) groups is 2.